The van der Waals surface area contributed by atoms with Gasteiger partial charge in [-0.25, -0.2) is 0 Å². The van der Waals surface area contributed by atoms with Gasteiger partial charge in [-0.05, 0) is 13.3 Å². The van der Waals surface area contributed by atoms with Crippen LogP contribution in [0.15, 0.2) is 0 Å². The fourth-order valence-corrected chi connectivity index (χ4v) is 2.40. The Morgan fingerprint density at radius 3 is 2.82 bits per heavy atom. The van der Waals surface area contributed by atoms with E-state index in [0.717, 1.165) is 26.1 Å². The summed E-state index contributed by atoms with van der Waals surface area (Å²) in [6.07, 6.45) is 1.14. The lowest BCUT2D eigenvalue weighted by atomic mass is 9.95. The average molecular weight is 262 g/mol. The molecule has 0 saturated carbocycles. The molecule has 2 fully saturated rings. The van der Waals surface area contributed by atoms with Crippen molar-refractivity contribution in [1.29, 1.82) is 0 Å². The summed E-state index contributed by atoms with van der Waals surface area (Å²) in [6, 6.07) is 0.242. The van der Waals surface area contributed by atoms with E-state index in [1.54, 1.807) is 0 Å². The molecule has 0 aromatic rings. The SMILES string of the molecule is C[C@@H]1CNCCN1C(=O)C1CCNC(=O)C1.Cl. The normalized spacial score (nSPS) is 29.2. The number of rotatable bonds is 1. The lowest BCUT2D eigenvalue weighted by molar-refractivity contribution is -0.142. The van der Waals surface area contributed by atoms with Gasteiger partial charge < -0.3 is 15.5 Å². The monoisotopic (exact) mass is 261 g/mol. The number of nitrogens with one attached hydrogen (secondary N) is 2. The molecule has 0 spiro atoms. The summed E-state index contributed by atoms with van der Waals surface area (Å²) in [5, 5.41) is 6.02. The van der Waals surface area contributed by atoms with Gasteiger partial charge in [0.15, 0.2) is 0 Å². The van der Waals surface area contributed by atoms with Crippen molar-refractivity contribution in [3.05, 3.63) is 0 Å². The van der Waals surface area contributed by atoms with E-state index in [4.69, 9.17) is 0 Å². The van der Waals surface area contributed by atoms with Crippen LogP contribution in [0.25, 0.3) is 0 Å². The molecule has 17 heavy (non-hydrogen) atoms. The minimum Gasteiger partial charge on any atom is -0.356 e. The molecule has 2 rings (SSSR count). The molecule has 2 saturated heterocycles. The highest BCUT2D eigenvalue weighted by Gasteiger charge is 2.32. The number of hydrogen-bond acceptors (Lipinski definition) is 3. The van der Waals surface area contributed by atoms with Gasteiger partial charge in [-0.1, -0.05) is 0 Å². The molecule has 0 radical (unpaired) electrons. The van der Waals surface area contributed by atoms with E-state index in [0.29, 0.717) is 13.0 Å². The van der Waals surface area contributed by atoms with Gasteiger partial charge in [0.25, 0.3) is 0 Å². The van der Waals surface area contributed by atoms with Crippen molar-refractivity contribution in [1.82, 2.24) is 15.5 Å². The summed E-state index contributed by atoms with van der Waals surface area (Å²) in [5.41, 5.74) is 0. The van der Waals surface area contributed by atoms with E-state index in [1.807, 2.05) is 11.8 Å². The van der Waals surface area contributed by atoms with E-state index >= 15 is 0 Å². The van der Waals surface area contributed by atoms with Crippen LogP contribution in [-0.4, -0.2) is 48.9 Å². The molecule has 0 aromatic heterocycles. The molecule has 0 aliphatic carbocycles. The molecule has 2 heterocycles. The quantitative estimate of drug-likeness (QED) is 0.685. The van der Waals surface area contributed by atoms with E-state index in [-0.39, 0.29) is 36.2 Å². The van der Waals surface area contributed by atoms with Crippen LogP contribution in [0.3, 0.4) is 0 Å². The van der Waals surface area contributed by atoms with E-state index in [9.17, 15) is 9.59 Å². The number of carbonyl (C=O) groups is 2. The molecule has 2 amide bonds. The molecule has 98 valence electrons. The lowest BCUT2D eigenvalue weighted by Crippen LogP contribution is -2.55. The number of amides is 2. The van der Waals surface area contributed by atoms with Gasteiger partial charge in [0, 0.05) is 44.6 Å². The third kappa shape index (κ3) is 3.33. The van der Waals surface area contributed by atoms with Gasteiger partial charge in [0.05, 0.1) is 0 Å². The van der Waals surface area contributed by atoms with Crippen LogP contribution in [0.1, 0.15) is 19.8 Å². The van der Waals surface area contributed by atoms with Gasteiger partial charge in [-0.3, -0.25) is 9.59 Å². The second kappa shape index (κ2) is 6.21. The number of piperazine rings is 1. The Morgan fingerprint density at radius 1 is 1.41 bits per heavy atom. The lowest BCUT2D eigenvalue weighted by Gasteiger charge is -2.37. The maximum atomic E-state index is 12.2. The highest BCUT2D eigenvalue weighted by Crippen LogP contribution is 2.18. The zero-order valence-electron chi connectivity index (χ0n) is 10.1. The van der Waals surface area contributed by atoms with Crippen molar-refractivity contribution in [2.45, 2.75) is 25.8 Å². The molecule has 2 aliphatic rings. The third-order valence-corrected chi connectivity index (χ3v) is 3.38. The Bertz CT molecular complexity index is 298. The second-order valence-corrected chi connectivity index (χ2v) is 4.62. The first kappa shape index (κ1) is 14.3. The van der Waals surface area contributed by atoms with Crippen LogP contribution in [0.2, 0.25) is 0 Å². The topological polar surface area (TPSA) is 61.4 Å². The van der Waals surface area contributed by atoms with Crippen LogP contribution >= 0.6 is 12.4 Å². The van der Waals surface area contributed by atoms with E-state index in [2.05, 4.69) is 10.6 Å². The first-order chi connectivity index (χ1) is 7.68. The first-order valence-corrected chi connectivity index (χ1v) is 5.96. The van der Waals surface area contributed by atoms with Crippen molar-refractivity contribution >= 4 is 24.2 Å². The van der Waals surface area contributed by atoms with Gasteiger partial charge >= 0.3 is 0 Å². The van der Waals surface area contributed by atoms with Gasteiger partial charge in [0.1, 0.15) is 0 Å². The number of carbonyl (C=O) groups excluding carboxylic acids is 2. The summed E-state index contributed by atoms with van der Waals surface area (Å²) in [6.45, 7) is 5.15. The standard InChI is InChI=1S/C11H19N3O2.ClH/c1-8-7-12-4-5-14(8)11(16)9-2-3-13-10(15)6-9;/h8-9,12H,2-7H2,1H3,(H,13,15);1H/t8-,9?;/m1./s1. The molecule has 1 unspecified atom stereocenters. The first-order valence-electron chi connectivity index (χ1n) is 5.96. The summed E-state index contributed by atoms with van der Waals surface area (Å²) < 4.78 is 0. The molecule has 2 atom stereocenters. The van der Waals surface area contributed by atoms with Crippen molar-refractivity contribution in [2.24, 2.45) is 5.92 Å². The number of halogens is 1. The van der Waals surface area contributed by atoms with Crippen LogP contribution in [0.4, 0.5) is 0 Å². The summed E-state index contributed by atoms with van der Waals surface area (Å²) in [4.78, 5) is 25.4. The Kier molecular flexibility index (Phi) is 5.21. The van der Waals surface area contributed by atoms with Crippen molar-refractivity contribution in [3.63, 3.8) is 0 Å². The van der Waals surface area contributed by atoms with Crippen LogP contribution in [0.5, 0.6) is 0 Å². The van der Waals surface area contributed by atoms with Crippen LogP contribution < -0.4 is 10.6 Å². The summed E-state index contributed by atoms with van der Waals surface area (Å²) in [7, 11) is 0. The third-order valence-electron chi connectivity index (χ3n) is 3.38. The molecule has 0 bridgehead atoms. The predicted octanol–water partition coefficient (Wildman–Crippen LogP) is -0.245. The molecule has 0 aromatic carbocycles. The maximum Gasteiger partial charge on any atom is 0.226 e. The second-order valence-electron chi connectivity index (χ2n) is 4.62. The van der Waals surface area contributed by atoms with Crippen molar-refractivity contribution in [3.8, 4) is 0 Å². The number of piperidine rings is 1. The molecule has 6 heteroatoms. The van der Waals surface area contributed by atoms with Crippen LogP contribution in [-0.2, 0) is 9.59 Å². The molecule has 2 aliphatic heterocycles. The minimum atomic E-state index is -0.103. The number of hydrogen-bond donors (Lipinski definition) is 2. The van der Waals surface area contributed by atoms with Gasteiger partial charge in [-0.2, -0.15) is 0 Å². The Balaban J connectivity index is 0.00000144. The highest BCUT2D eigenvalue weighted by atomic mass is 35.5. The molecule has 5 nitrogen and oxygen atoms in total. The van der Waals surface area contributed by atoms with Crippen molar-refractivity contribution < 1.29 is 9.59 Å². The van der Waals surface area contributed by atoms with Crippen LogP contribution in [0, 0.1) is 5.92 Å². The van der Waals surface area contributed by atoms with E-state index < -0.39 is 0 Å². The molecular formula is C11H20ClN3O2. The Hall–Kier alpha value is -0.810. The molecule has 2 N–H and O–H groups in total. The zero-order chi connectivity index (χ0) is 11.5. The molecular weight excluding hydrogens is 242 g/mol. The van der Waals surface area contributed by atoms with Crippen molar-refractivity contribution in [2.75, 3.05) is 26.2 Å². The fraction of sp³-hybridized carbons (Fsp3) is 0.818. The maximum absolute atomic E-state index is 12.2. The van der Waals surface area contributed by atoms with Gasteiger partial charge in [-0.15, -0.1) is 12.4 Å². The minimum absolute atomic E-state index is 0. The largest absolute Gasteiger partial charge is 0.356 e. The van der Waals surface area contributed by atoms with Gasteiger partial charge in [0.2, 0.25) is 11.8 Å². The van der Waals surface area contributed by atoms with E-state index in [1.165, 1.54) is 0 Å². The fourth-order valence-electron chi connectivity index (χ4n) is 2.40. The highest BCUT2D eigenvalue weighted by molar-refractivity contribution is 5.87. The number of nitrogens with zero attached hydrogens (tertiary/aromatic N) is 1. The predicted molar refractivity (Wildman–Crippen MR) is 67.0 cm³/mol. The summed E-state index contributed by atoms with van der Waals surface area (Å²) in [5.74, 6) is 0.0607. The Labute approximate surface area is 108 Å². The summed E-state index contributed by atoms with van der Waals surface area (Å²) >= 11 is 0. The smallest absolute Gasteiger partial charge is 0.226 e. The average Bonchev–Trinajstić information content (AvgIpc) is 2.29. The Morgan fingerprint density at radius 2 is 2.18 bits per heavy atom. The zero-order valence-corrected chi connectivity index (χ0v) is 10.9.